The molecular weight excluding hydrogens is 406 g/mol. The Morgan fingerprint density at radius 3 is 2.45 bits per heavy atom. The van der Waals surface area contributed by atoms with E-state index in [9.17, 15) is 0 Å². The Kier molecular flexibility index (Phi) is 8.22. The summed E-state index contributed by atoms with van der Waals surface area (Å²) in [6.07, 6.45) is 15.1. The maximum atomic E-state index is 6.43. The molecule has 0 bridgehead atoms. The van der Waals surface area contributed by atoms with Crippen LogP contribution < -0.4 is 15.4 Å². The molecule has 1 heterocycles. The van der Waals surface area contributed by atoms with Gasteiger partial charge in [0.25, 0.3) is 0 Å². The summed E-state index contributed by atoms with van der Waals surface area (Å²) in [5.41, 5.74) is 4.34. The highest BCUT2D eigenvalue weighted by Crippen LogP contribution is 2.44. The van der Waals surface area contributed by atoms with Crippen molar-refractivity contribution in [3.8, 4) is 5.75 Å². The third-order valence-electron chi connectivity index (χ3n) is 6.74. The number of quaternary nitrogens is 1. The number of nitrogens with one attached hydrogen (secondary N) is 1. The molecule has 0 saturated carbocycles. The van der Waals surface area contributed by atoms with E-state index >= 15 is 0 Å². The number of unbranched alkanes of at least 4 members (excludes halogenated alkanes) is 7. The van der Waals surface area contributed by atoms with Crippen LogP contribution in [0.25, 0.3) is 10.8 Å². The molecule has 0 spiro atoms. The van der Waals surface area contributed by atoms with Crippen LogP contribution in [0.2, 0.25) is 0 Å². The molecule has 4 rings (SSSR count). The fourth-order valence-electron chi connectivity index (χ4n) is 4.84. The Labute approximate surface area is 199 Å². The second-order valence-electron chi connectivity index (χ2n) is 9.41. The maximum absolute atomic E-state index is 6.43. The molecule has 0 radical (unpaired) electrons. The van der Waals surface area contributed by atoms with Crippen LogP contribution in [-0.2, 0) is 0 Å². The smallest absolute Gasteiger partial charge is 0.155 e. The monoisotopic (exact) mass is 446 g/mol. The third-order valence-corrected chi connectivity index (χ3v) is 6.74. The first-order valence-electron chi connectivity index (χ1n) is 13.0. The van der Waals surface area contributed by atoms with Gasteiger partial charge in [0, 0.05) is 35.1 Å². The van der Waals surface area contributed by atoms with E-state index in [4.69, 9.17) is 9.73 Å². The summed E-state index contributed by atoms with van der Waals surface area (Å²) in [6, 6.07) is 11.0. The van der Waals surface area contributed by atoms with Crippen LogP contribution in [-0.4, -0.2) is 24.8 Å². The zero-order valence-corrected chi connectivity index (χ0v) is 20.6. The van der Waals surface area contributed by atoms with Gasteiger partial charge in [-0.25, -0.2) is 4.99 Å². The topological polar surface area (TPSA) is 50.2 Å². The lowest BCUT2D eigenvalue weighted by Crippen LogP contribution is -2.89. The minimum Gasteiger partial charge on any atom is -0.453 e. The van der Waals surface area contributed by atoms with Crippen LogP contribution in [0.15, 0.2) is 58.8 Å². The Balaban J connectivity index is 1.47. The fourth-order valence-corrected chi connectivity index (χ4v) is 4.84. The van der Waals surface area contributed by atoms with Gasteiger partial charge in [0.2, 0.25) is 0 Å². The van der Waals surface area contributed by atoms with E-state index in [0.29, 0.717) is 6.04 Å². The quantitative estimate of drug-likeness (QED) is 0.358. The second kappa shape index (κ2) is 11.5. The SMILES string of the molecule is CCCCCCCCCCNc1cc2c(c3ccccc13)N=C1C=C(C)C([NH2+]CC)C=C1O2. The molecule has 1 aliphatic heterocycles. The normalized spacial score (nSPS) is 16.9. The predicted molar refractivity (Wildman–Crippen MR) is 141 cm³/mol. The summed E-state index contributed by atoms with van der Waals surface area (Å²) in [5.74, 6) is 1.73. The second-order valence-corrected chi connectivity index (χ2v) is 9.41. The number of anilines is 1. The summed E-state index contributed by atoms with van der Waals surface area (Å²) < 4.78 is 6.43. The Bertz CT molecular complexity index is 1050. The van der Waals surface area contributed by atoms with Gasteiger partial charge in [-0.05, 0) is 31.9 Å². The average Bonchev–Trinajstić information content (AvgIpc) is 2.83. The molecule has 4 nitrogen and oxygen atoms in total. The molecule has 1 atom stereocenters. The van der Waals surface area contributed by atoms with Crippen LogP contribution in [0.3, 0.4) is 0 Å². The molecule has 0 amide bonds. The van der Waals surface area contributed by atoms with Gasteiger partial charge in [-0.15, -0.1) is 0 Å². The van der Waals surface area contributed by atoms with Crippen LogP contribution in [0, 0.1) is 0 Å². The molecular formula is C29H40N3O+. The van der Waals surface area contributed by atoms with E-state index in [1.807, 2.05) is 0 Å². The van der Waals surface area contributed by atoms with Crippen molar-refractivity contribution in [2.45, 2.75) is 78.2 Å². The first-order chi connectivity index (χ1) is 16.2. The highest BCUT2D eigenvalue weighted by atomic mass is 16.5. The lowest BCUT2D eigenvalue weighted by Gasteiger charge is -2.25. The van der Waals surface area contributed by atoms with Gasteiger partial charge in [0.15, 0.2) is 11.5 Å². The number of benzene rings is 2. The lowest BCUT2D eigenvalue weighted by atomic mass is 9.97. The highest BCUT2D eigenvalue weighted by Gasteiger charge is 2.27. The van der Waals surface area contributed by atoms with Crippen LogP contribution in [0.1, 0.15) is 72.1 Å². The van der Waals surface area contributed by atoms with Crippen molar-refractivity contribution < 1.29 is 10.1 Å². The van der Waals surface area contributed by atoms with Gasteiger partial charge in [0.05, 0.1) is 6.54 Å². The van der Waals surface area contributed by atoms with E-state index in [0.717, 1.165) is 47.1 Å². The first-order valence-corrected chi connectivity index (χ1v) is 13.0. The molecule has 4 heteroatoms. The van der Waals surface area contributed by atoms with E-state index in [1.54, 1.807) is 0 Å². The molecule has 176 valence electrons. The number of fused-ring (bicyclic) bond motifs is 4. The van der Waals surface area contributed by atoms with E-state index in [-0.39, 0.29) is 0 Å². The van der Waals surface area contributed by atoms with Gasteiger partial charge in [-0.1, -0.05) is 76.1 Å². The Morgan fingerprint density at radius 1 is 0.970 bits per heavy atom. The summed E-state index contributed by atoms with van der Waals surface area (Å²) in [7, 11) is 0. The Morgan fingerprint density at radius 2 is 1.70 bits per heavy atom. The number of nitrogens with two attached hydrogens (primary N) is 1. The number of ether oxygens (including phenoxy) is 1. The number of allylic oxidation sites excluding steroid dienone is 1. The van der Waals surface area contributed by atoms with Crippen molar-refractivity contribution in [1.82, 2.24) is 0 Å². The summed E-state index contributed by atoms with van der Waals surface area (Å²) in [5, 5.41) is 8.38. The van der Waals surface area contributed by atoms with Crippen molar-refractivity contribution in [2.75, 3.05) is 18.4 Å². The first kappa shape index (κ1) is 23.6. The van der Waals surface area contributed by atoms with Crippen LogP contribution in [0.4, 0.5) is 11.4 Å². The molecule has 1 unspecified atom stereocenters. The summed E-state index contributed by atoms with van der Waals surface area (Å²) >= 11 is 0. The molecule has 3 N–H and O–H groups in total. The molecule has 0 fully saturated rings. The minimum atomic E-state index is 0.325. The molecule has 1 aliphatic carbocycles. The molecule has 0 saturated heterocycles. The molecule has 0 aromatic heterocycles. The van der Waals surface area contributed by atoms with Gasteiger partial charge in [-0.2, -0.15) is 0 Å². The maximum Gasteiger partial charge on any atom is 0.155 e. The summed E-state index contributed by atoms with van der Waals surface area (Å²) in [6.45, 7) is 8.67. The average molecular weight is 447 g/mol. The highest BCUT2D eigenvalue weighted by molar-refractivity contribution is 6.14. The summed E-state index contributed by atoms with van der Waals surface area (Å²) in [4.78, 5) is 5.04. The molecule has 2 aromatic rings. The van der Waals surface area contributed by atoms with Crippen molar-refractivity contribution in [2.24, 2.45) is 4.99 Å². The van der Waals surface area contributed by atoms with Crippen molar-refractivity contribution in [3.05, 3.63) is 53.8 Å². The number of hydrogen-bond acceptors (Lipinski definition) is 3. The number of likely N-dealkylation sites (N-methyl/N-ethyl adjacent to an activating group) is 1. The van der Waals surface area contributed by atoms with Crippen molar-refractivity contribution in [3.63, 3.8) is 0 Å². The van der Waals surface area contributed by atoms with Gasteiger partial charge >= 0.3 is 0 Å². The third kappa shape index (κ3) is 5.67. The number of aliphatic imine (C=N–C) groups is 1. The lowest BCUT2D eigenvalue weighted by molar-refractivity contribution is -0.668. The van der Waals surface area contributed by atoms with E-state index in [1.165, 1.54) is 62.3 Å². The zero-order chi connectivity index (χ0) is 23.0. The van der Waals surface area contributed by atoms with Crippen molar-refractivity contribution in [1.29, 1.82) is 0 Å². The van der Waals surface area contributed by atoms with E-state index < -0.39 is 0 Å². The fraction of sp³-hybridized carbons (Fsp3) is 0.483. The molecule has 33 heavy (non-hydrogen) atoms. The van der Waals surface area contributed by atoms with Gasteiger partial charge in [-0.3, -0.25) is 0 Å². The van der Waals surface area contributed by atoms with Crippen LogP contribution in [0.5, 0.6) is 5.75 Å². The van der Waals surface area contributed by atoms with E-state index in [2.05, 4.69) is 73.9 Å². The predicted octanol–water partition coefficient (Wildman–Crippen LogP) is 6.65. The largest absolute Gasteiger partial charge is 0.453 e. The van der Waals surface area contributed by atoms with Crippen LogP contribution >= 0.6 is 0 Å². The number of hydrogen-bond donors (Lipinski definition) is 2. The molecule has 2 aromatic carbocycles. The van der Waals surface area contributed by atoms with Gasteiger partial charge < -0.3 is 15.4 Å². The minimum absolute atomic E-state index is 0.325. The zero-order valence-electron chi connectivity index (χ0n) is 20.6. The van der Waals surface area contributed by atoms with Gasteiger partial charge in [0.1, 0.15) is 17.4 Å². The Hall–Kier alpha value is -2.59. The number of rotatable bonds is 12. The van der Waals surface area contributed by atoms with Crippen molar-refractivity contribution >= 4 is 27.9 Å². The standard InChI is InChI=1S/C29H39N3O/c1-4-6-7-8-9-10-11-14-17-31-25-20-28-29(23-16-13-12-15-22(23)25)32-26-18-21(3)24(30-5-2)19-27(26)33-28/h12-13,15-16,18-20,24,30-31H,4-11,14,17H2,1-3H3/p+1. The molecule has 2 aliphatic rings. The number of nitrogens with zero attached hydrogens (tertiary/aromatic N) is 1.